The Kier molecular flexibility index (Phi) is 4.78. The summed E-state index contributed by atoms with van der Waals surface area (Å²) in [5.74, 6) is -0.694. The van der Waals surface area contributed by atoms with Gasteiger partial charge in [0.25, 0.3) is 0 Å². The van der Waals surface area contributed by atoms with E-state index in [1.165, 1.54) is 0 Å². The van der Waals surface area contributed by atoms with Crippen LogP contribution in [0.25, 0.3) is 0 Å². The molecular formula is C9H17NO3. The molecule has 0 spiro atoms. The summed E-state index contributed by atoms with van der Waals surface area (Å²) >= 11 is 0. The standard InChI is InChI=1S/C9H17NO3/c11-9(12)4-2-1-3-5-10-8-6-13-7-8/h8,10H,1-7H2,(H,11,12). The molecule has 0 aliphatic carbocycles. The number of hydrogen-bond acceptors (Lipinski definition) is 3. The van der Waals surface area contributed by atoms with E-state index in [0.717, 1.165) is 39.0 Å². The van der Waals surface area contributed by atoms with Crippen molar-refractivity contribution in [2.45, 2.75) is 31.7 Å². The Balaban J connectivity index is 1.75. The Morgan fingerprint density at radius 1 is 1.38 bits per heavy atom. The third kappa shape index (κ3) is 4.85. The quantitative estimate of drug-likeness (QED) is 0.574. The molecule has 1 aliphatic heterocycles. The fourth-order valence-corrected chi connectivity index (χ4v) is 1.24. The zero-order chi connectivity index (χ0) is 9.52. The number of ether oxygens (including phenoxy) is 1. The number of nitrogens with one attached hydrogen (secondary N) is 1. The molecule has 0 aromatic rings. The van der Waals surface area contributed by atoms with Gasteiger partial charge < -0.3 is 15.2 Å². The van der Waals surface area contributed by atoms with Crippen molar-refractivity contribution in [3.63, 3.8) is 0 Å². The molecule has 0 saturated carbocycles. The van der Waals surface area contributed by atoms with Gasteiger partial charge in [-0.2, -0.15) is 0 Å². The second-order valence-electron chi connectivity index (χ2n) is 3.39. The van der Waals surface area contributed by atoms with Gasteiger partial charge in [-0.15, -0.1) is 0 Å². The van der Waals surface area contributed by atoms with Crippen LogP contribution in [-0.2, 0) is 9.53 Å². The molecule has 0 aromatic heterocycles. The first-order valence-electron chi connectivity index (χ1n) is 4.82. The highest BCUT2D eigenvalue weighted by molar-refractivity contribution is 5.66. The minimum Gasteiger partial charge on any atom is -0.481 e. The van der Waals surface area contributed by atoms with E-state index < -0.39 is 5.97 Å². The summed E-state index contributed by atoms with van der Waals surface area (Å²) < 4.78 is 5.00. The van der Waals surface area contributed by atoms with Crippen molar-refractivity contribution in [1.82, 2.24) is 5.32 Å². The summed E-state index contributed by atoms with van der Waals surface area (Å²) in [6.07, 6.45) is 3.14. The molecule has 1 fully saturated rings. The summed E-state index contributed by atoms with van der Waals surface area (Å²) in [4.78, 5) is 10.2. The van der Waals surface area contributed by atoms with Gasteiger partial charge in [-0.3, -0.25) is 4.79 Å². The Morgan fingerprint density at radius 3 is 2.69 bits per heavy atom. The van der Waals surface area contributed by atoms with Crippen molar-refractivity contribution in [2.75, 3.05) is 19.8 Å². The van der Waals surface area contributed by atoms with Crippen LogP contribution in [-0.4, -0.2) is 36.9 Å². The molecule has 1 rings (SSSR count). The number of unbranched alkanes of at least 4 members (excludes halogenated alkanes) is 2. The van der Waals surface area contributed by atoms with E-state index in [0.29, 0.717) is 12.5 Å². The fourth-order valence-electron chi connectivity index (χ4n) is 1.24. The van der Waals surface area contributed by atoms with Gasteiger partial charge in [0.2, 0.25) is 0 Å². The van der Waals surface area contributed by atoms with Crippen molar-refractivity contribution < 1.29 is 14.6 Å². The molecule has 0 radical (unpaired) electrons. The smallest absolute Gasteiger partial charge is 0.303 e. The summed E-state index contributed by atoms with van der Waals surface area (Å²) in [6, 6.07) is 0.541. The molecule has 76 valence electrons. The number of carboxylic acid groups (broad SMARTS) is 1. The van der Waals surface area contributed by atoms with Crippen LogP contribution in [0, 0.1) is 0 Å². The molecule has 0 aromatic carbocycles. The Bertz CT molecular complexity index is 157. The van der Waals surface area contributed by atoms with Crippen molar-refractivity contribution in [3.05, 3.63) is 0 Å². The minimum atomic E-state index is -0.694. The lowest BCUT2D eigenvalue weighted by atomic mass is 10.2. The van der Waals surface area contributed by atoms with Crippen LogP contribution in [0.3, 0.4) is 0 Å². The average molecular weight is 187 g/mol. The molecule has 13 heavy (non-hydrogen) atoms. The van der Waals surface area contributed by atoms with E-state index in [2.05, 4.69) is 5.32 Å². The van der Waals surface area contributed by atoms with Gasteiger partial charge in [0.15, 0.2) is 0 Å². The zero-order valence-electron chi connectivity index (χ0n) is 7.79. The first-order chi connectivity index (χ1) is 6.29. The Hall–Kier alpha value is -0.610. The normalized spacial score (nSPS) is 16.9. The van der Waals surface area contributed by atoms with Crippen LogP contribution in [0.1, 0.15) is 25.7 Å². The number of aliphatic carboxylic acids is 1. The van der Waals surface area contributed by atoms with Crippen LogP contribution < -0.4 is 5.32 Å². The second-order valence-corrected chi connectivity index (χ2v) is 3.39. The van der Waals surface area contributed by atoms with Gasteiger partial charge in [0.1, 0.15) is 0 Å². The van der Waals surface area contributed by atoms with Crippen LogP contribution in [0.15, 0.2) is 0 Å². The van der Waals surface area contributed by atoms with E-state index in [-0.39, 0.29) is 0 Å². The van der Waals surface area contributed by atoms with Gasteiger partial charge in [-0.25, -0.2) is 0 Å². The van der Waals surface area contributed by atoms with Crippen LogP contribution in [0.4, 0.5) is 0 Å². The molecule has 4 heteroatoms. The molecule has 0 unspecified atom stereocenters. The van der Waals surface area contributed by atoms with E-state index in [9.17, 15) is 4.79 Å². The summed E-state index contributed by atoms with van der Waals surface area (Å²) in [7, 11) is 0. The van der Waals surface area contributed by atoms with Crippen molar-refractivity contribution in [3.8, 4) is 0 Å². The summed E-state index contributed by atoms with van der Waals surface area (Å²) in [6.45, 7) is 2.64. The lowest BCUT2D eigenvalue weighted by Crippen LogP contribution is -2.46. The monoisotopic (exact) mass is 187 g/mol. The molecule has 4 nitrogen and oxygen atoms in total. The molecule has 1 saturated heterocycles. The van der Waals surface area contributed by atoms with Crippen LogP contribution in [0.2, 0.25) is 0 Å². The maximum absolute atomic E-state index is 10.2. The van der Waals surface area contributed by atoms with Gasteiger partial charge in [0.05, 0.1) is 19.3 Å². The number of hydrogen-bond donors (Lipinski definition) is 2. The van der Waals surface area contributed by atoms with Gasteiger partial charge in [-0.05, 0) is 19.4 Å². The average Bonchev–Trinajstić information content (AvgIpc) is 1.99. The molecule has 0 amide bonds. The third-order valence-corrected chi connectivity index (χ3v) is 2.14. The molecule has 1 aliphatic rings. The molecule has 2 N–H and O–H groups in total. The highest BCUT2D eigenvalue weighted by Gasteiger charge is 2.16. The van der Waals surface area contributed by atoms with E-state index >= 15 is 0 Å². The number of carbonyl (C=O) groups is 1. The summed E-state index contributed by atoms with van der Waals surface area (Å²) in [5.41, 5.74) is 0. The fraction of sp³-hybridized carbons (Fsp3) is 0.889. The molecule has 0 atom stereocenters. The van der Waals surface area contributed by atoms with Gasteiger partial charge in [0, 0.05) is 6.42 Å². The predicted octanol–water partition coefficient (Wildman–Crippen LogP) is 0.620. The summed E-state index contributed by atoms with van der Waals surface area (Å²) in [5, 5.41) is 11.7. The SMILES string of the molecule is O=C(O)CCCCCNC1COC1. The number of carboxylic acids is 1. The predicted molar refractivity (Wildman–Crippen MR) is 48.7 cm³/mol. The van der Waals surface area contributed by atoms with E-state index in [1.54, 1.807) is 0 Å². The van der Waals surface area contributed by atoms with Crippen LogP contribution >= 0.6 is 0 Å². The minimum absolute atomic E-state index is 0.298. The Morgan fingerprint density at radius 2 is 2.15 bits per heavy atom. The second kappa shape index (κ2) is 5.94. The van der Waals surface area contributed by atoms with Crippen LogP contribution in [0.5, 0.6) is 0 Å². The molecule has 0 bridgehead atoms. The lowest BCUT2D eigenvalue weighted by Gasteiger charge is -2.26. The zero-order valence-corrected chi connectivity index (χ0v) is 7.79. The van der Waals surface area contributed by atoms with Gasteiger partial charge >= 0.3 is 5.97 Å². The van der Waals surface area contributed by atoms with Crippen molar-refractivity contribution >= 4 is 5.97 Å². The number of rotatable bonds is 7. The van der Waals surface area contributed by atoms with Crippen molar-refractivity contribution in [2.24, 2.45) is 0 Å². The highest BCUT2D eigenvalue weighted by atomic mass is 16.5. The first-order valence-corrected chi connectivity index (χ1v) is 4.82. The lowest BCUT2D eigenvalue weighted by molar-refractivity contribution is -0.137. The molecule has 1 heterocycles. The third-order valence-electron chi connectivity index (χ3n) is 2.14. The Labute approximate surface area is 78.3 Å². The topological polar surface area (TPSA) is 58.6 Å². The largest absolute Gasteiger partial charge is 0.481 e. The molecular weight excluding hydrogens is 170 g/mol. The van der Waals surface area contributed by atoms with Crippen molar-refractivity contribution in [1.29, 1.82) is 0 Å². The highest BCUT2D eigenvalue weighted by Crippen LogP contribution is 2.02. The van der Waals surface area contributed by atoms with Gasteiger partial charge in [-0.1, -0.05) is 6.42 Å². The first kappa shape index (κ1) is 10.5. The maximum atomic E-state index is 10.2. The maximum Gasteiger partial charge on any atom is 0.303 e. The van der Waals surface area contributed by atoms with E-state index in [1.807, 2.05) is 0 Å². The van der Waals surface area contributed by atoms with E-state index in [4.69, 9.17) is 9.84 Å².